The van der Waals surface area contributed by atoms with Gasteiger partial charge >= 0.3 is 5.97 Å². The van der Waals surface area contributed by atoms with Gasteiger partial charge < -0.3 is 15.7 Å². The minimum atomic E-state index is -0.887. The number of hydrogen-bond acceptors (Lipinski definition) is 5. The lowest BCUT2D eigenvalue weighted by Crippen LogP contribution is -2.14. The number of thiazole rings is 1. The van der Waals surface area contributed by atoms with Gasteiger partial charge in [-0.05, 0) is 6.92 Å². The zero-order valence-electron chi connectivity index (χ0n) is 9.02. The molecule has 1 aromatic rings. The fourth-order valence-electron chi connectivity index (χ4n) is 1.21. The molecule has 5 nitrogen and oxygen atoms in total. The van der Waals surface area contributed by atoms with E-state index in [4.69, 9.17) is 10.8 Å². The lowest BCUT2D eigenvalue weighted by Gasteiger charge is -2.07. The van der Waals surface area contributed by atoms with Gasteiger partial charge in [0.15, 0.2) is 5.13 Å². The van der Waals surface area contributed by atoms with Crippen molar-refractivity contribution in [2.75, 3.05) is 19.0 Å². The number of carboxylic acid groups (broad SMARTS) is 1. The molecule has 84 valence electrons. The van der Waals surface area contributed by atoms with Gasteiger partial charge in [-0.15, -0.1) is 11.3 Å². The summed E-state index contributed by atoms with van der Waals surface area (Å²) in [6.07, 6.45) is -0.0596. The van der Waals surface area contributed by atoms with Crippen LogP contribution in [0, 0.1) is 6.92 Å². The van der Waals surface area contributed by atoms with E-state index in [0.29, 0.717) is 0 Å². The fourth-order valence-corrected chi connectivity index (χ4v) is 2.20. The van der Waals surface area contributed by atoms with Crippen molar-refractivity contribution in [1.29, 1.82) is 0 Å². The molecule has 0 fully saturated rings. The summed E-state index contributed by atoms with van der Waals surface area (Å²) in [6.45, 7) is 1.85. The van der Waals surface area contributed by atoms with Gasteiger partial charge in [0.2, 0.25) is 0 Å². The Labute approximate surface area is 92.5 Å². The molecule has 1 rings (SSSR count). The van der Waals surface area contributed by atoms with Gasteiger partial charge in [0.05, 0.1) is 18.2 Å². The van der Waals surface area contributed by atoms with Crippen molar-refractivity contribution in [3.05, 3.63) is 10.6 Å². The number of anilines is 1. The number of hydrogen-bond donors (Lipinski definition) is 2. The van der Waals surface area contributed by atoms with Gasteiger partial charge in [-0.2, -0.15) is 0 Å². The number of rotatable bonds is 4. The second kappa shape index (κ2) is 4.59. The molecule has 1 unspecified atom stereocenters. The Morgan fingerprint density at radius 3 is 2.67 bits per heavy atom. The molecule has 0 saturated carbocycles. The van der Waals surface area contributed by atoms with Crippen LogP contribution in [0.5, 0.6) is 0 Å². The molecule has 0 amide bonds. The summed E-state index contributed by atoms with van der Waals surface area (Å²) in [5.74, 6) is -0.887. The van der Waals surface area contributed by atoms with Crippen LogP contribution in [0.4, 0.5) is 5.13 Å². The van der Waals surface area contributed by atoms with Crippen LogP contribution in [0.15, 0.2) is 0 Å². The highest BCUT2D eigenvalue weighted by Gasteiger charge is 2.17. The maximum Gasteiger partial charge on any atom is 0.305 e. The maximum atomic E-state index is 10.5. The van der Waals surface area contributed by atoms with Crippen LogP contribution in [0.1, 0.15) is 23.0 Å². The van der Waals surface area contributed by atoms with Crippen LogP contribution < -0.4 is 10.6 Å². The average molecular weight is 229 g/mol. The Hall–Kier alpha value is -1.14. The van der Waals surface area contributed by atoms with Crippen molar-refractivity contribution in [1.82, 2.24) is 4.98 Å². The first-order chi connectivity index (χ1) is 6.91. The third-order valence-corrected chi connectivity index (χ3v) is 3.39. The number of carboxylic acids is 1. The van der Waals surface area contributed by atoms with Crippen molar-refractivity contribution in [3.8, 4) is 0 Å². The molecule has 6 heteroatoms. The molecule has 0 spiro atoms. The molecule has 1 aromatic heterocycles. The molecule has 0 aliphatic carbocycles. The van der Waals surface area contributed by atoms with Gasteiger partial charge in [-0.3, -0.25) is 4.79 Å². The summed E-state index contributed by atoms with van der Waals surface area (Å²) >= 11 is 1.44. The van der Waals surface area contributed by atoms with Crippen LogP contribution in [0.2, 0.25) is 0 Å². The molecule has 0 aliphatic rings. The molecule has 0 aliphatic heterocycles. The quantitative estimate of drug-likeness (QED) is 0.805. The largest absolute Gasteiger partial charge is 0.481 e. The summed E-state index contributed by atoms with van der Waals surface area (Å²) in [7, 11) is 3.79. The standard InChI is InChI=1S/C9H15N3O2S/c1-5-8(6(10)4-7(13)14)15-9(11-5)12(2)3/h6H,4,10H2,1-3H3,(H,13,14). The lowest BCUT2D eigenvalue weighted by atomic mass is 10.1. The van der Waals surface area contributed by atoms with Crippen molar-refractivity contribution in [2.24, 2.45) is 5.73 Å². The van der Waals surface area contributed by atoms with Gasteiger partial charge in [0.25, 0.3) is 0 Å². The molecule has 0 radical (unpaired) electrons. The van der Waals surface area contributed by atoms with E-state index in [1.165, 1.54) is 11.3 Å². The van der Waals surface area contributed by atoms with Crippen LogP contribution in [-0.2, 0) is 4.79 Å². The van der Waals surface area contributed by atoms with Crippen molar-refractivity contribution >= 4 is 22.4 Å². The molecular formula is C9H15N3O2S. The van der Waals surface area contributed by atoms with Gasteiger partial charge in [-0.1, -0.05) is 0 Å². The summed E-state index contributed by atoms with van der Waals surface area (Å²) in [5, 5.41) is 9.50. The first-order valence-electron chi connectivity index (χ1n) is 4.54. The fraction of sp³-hybridized carbons (Fsp3) is 0.556. The monoisotopic (exact) mass is 229 g/mol. The van der Waals surface area contributed by atoms with E-state index < -0.39 is 12.0 Å². The summed E-state index contributed by atoms with van der Waals surface area (Å²) in [6, 6.07) is -0.464. The first kappa shape index (κ1) is 11.9. The van der Waals surface area contributed by atoms with Gasteiger partial charge in [-0.25, -0.2) is 4.98 Å². The lowest BCUT2D eigenvalue weighted by molar-refractivity contribution is -0.137. The molecule has 1 heterocycles. The molecule has 3 N–H and O–H groups in total. The van der Waals surface area contributed by atoms with Crippen LogP contribution in [0.25, 0.3) is 0 Å². The normalized spacial score (nSPS) is 12.5. The van der Waals surface area contributed by atoms with Gasteiger partial charge in [0.1, 0.15) is 0 Å². The summed E-state index contributed by atoms with van der Waals surface area (Å²) < 4.78 is 0. The first-order valence-corrected chi connectivity index (χ1v) is 5.35. The SMILES string of the molecule is Cc1nc(N(C)C)sc1C(N)CC(=O)O. The van der Waals surface area contributed by atoms with Crippen molar-refractivity contribution in [2.45, 2.75) is 19.4 Å². The number of aliphatic carboxylic acids is 1. The summed E-state index contributed by atoms with van der Waals surface area (Å²) in [4.78, 5) is 17.6. The molecule has 0 aromatic carbocycles. The highest BCUT2D eigenvalue weighted by molar-refractivity contribution is 7.15. The molecule has 0 saturated heterocycles. The Morgan fingerprint density at radius 1 is 1.67 bits per heavy atom. The third kappa shape index (κ3) is 2.90. The Kier molecular flexibility index (Phi) is 3.65. The van der Waals surface area contributed by atoms with E-state index in [1.54, 1.807) is 0 Å². The second-order valence-corrected chi connectivity index (χ2v) is 4.55. The highest BCUT2D eigenvalue weighted by Crippen LogP contribution is 2.29. The molecule has 1 atom stereocenters. The predicted molar refractivity (Wildman–Crippen MR) is 60.4 cm³/mol. The van der Waals surface area contributed by atoms with E-state index >= 15 is 0 Å². The Balaban J connectivity index is 2.89. The van der Waals surface area contributed by atoms with E-state index in [2.05, 4.69) is 4.98 Å². The number of aromatic nitrogens is 1. The summed E-state index contributed by atoms with van der Waals surface area (Å²) in [5.41, 5.74) is 6.60. The van der Waals surface area contributed by atoms with Gasteiger partial charge in [0, 0.05) is 19.0 Å². The minimum absolute atomic E-state index is 0.0596. The molecule has 15 heavy (non-hydrogen) atoms. The Morgan fingerprint density at radius 2 is 2.27 bits per heavy atom. The Bertz CT molecular complexity index is 362. The molecular weight excluding hydrogens is 214 g/mol. The van der Waals surface area contributed by atoms with E-state index in [-0.39, 0.29) is 6.42 Å². The number of nitrogens with zero attached hydrogens (tertiary/aromatic N) is 2. The third-order valence-electron chi connectivity index (χ3n) is 1.94. The average Bonchev–Trinajstić information content (AvgIpc) is 2.46. The minimum Gasteiger partial charge on any atom is -0.481 e. The number of nitrogens with two attached hydrogens (primary N) is 1. The van der Waals surface area contributed by atoms with Crippen LogP contribution >= 0.6 is 11.3 Å². The number of carbonyl (C=O) groups is 1. The van der Waals surface area contributed by atoms with E-state index in [9.17, 15) is 4.79 Å². The predicted octanol–water partition coefficient (Wildman–Crippen LogP) is 0.992. The van der Waals surface area contributed by atoms with Crippen LogP contribution in [0.3, 0.4) is 0 Å². The highest BCUT2D eigenvalue weighted by atomic mass is 32.1. The molecule has 0 bridgehead atoms. The topological polar surface area (TPSA) is 79.5 Å². The second-order valence-electron chi connectivity index (χ2n) is 3.54. The van der Waals surface area contributed by atoms with Crippen molar-refractivity contribution < 1.29 is 9.90 Å². The maximum absolute atomic E-state index is 10.5. The zero-order chi connectivity index (χ0) is 11.6. The zero-order valence-corrected chi connectivity index (χ0v) is 9.84. The van der Waals surface area contributed by atoms with Crippen LogP contribution in [-0.4, -0.2) is 30.2 Å². The van der Waals surface area contributed by atoms with E-state index in [0.717, 1.165) is 15.7 Å². The van der Waals surface area contributed by atoms with E-state index in [1.807, 2.05) is 25.9 Å². The number of aryl methyl sites for hydroxylation is 1. The van der Waals surface area contributed by atoms with Crippen molar-refractivity contribution in [3.63, 3.8) is 0 Å². The smallest absolute Gasteiger partial charge is 0.305 e.